The average molecular weight is 390 g/mol. The van der Waals surface area contributed by atoms with Crippen LogP contribution in [0.25, 0.3) is 0 Å². The third-order valence-corrected chi connectivity index (χ3v) is 3.71. The number of nitrogens with one attached hydrogen (secondary N) is 2. The van der Waals surface area contributed by atoms with Gasteiger partial charge in [-0.15, -0.1) is 0 Å². The lowest BCUT2D eigenvalue weighted by molar-refractivity contribution is -0.136. The van der Waals surface area contributed by atoms with E-state index < -0.39 is 11.8 Å². The second-order valence-electron chi connectivity index (χ2n) is 4.87. The number of halogens is 1. The number of phenols is 1. The molecule has 24 heavy (non-hydrogen) atoms. The number of hydrogen-bond acceptors (Lipinski definition) is 4. The third kappa shape index (κ3) is 4.66. The van der Waals surface area contributed by atoms with E-state index in [4.69, 9.17) is 0 Å². The smallest absolute Gasteiger partial charge is 0.329 e. The van der Waals surface area contributed by atoms with E-state index in [2.05, 4.69) is 31.8 Å². The number of aromatic hydroxyl groups is 1. The van der Waals surface area contributed by atoms with Gasteiger partial charge in [0.25, 0.3) is 0 Å². The quantitative estimate of drug-likeness (QED) is 0.426. The van der Waals surface area contributed by atoms with Gasteiger partial charge in [0.2, 0.25) is 0 Å². The van der Waals surface area contributed by atoms with Crippen LogP contribution in [0.3, 0.4) is 0 Å². The van der Waals surface area contributed by atoms with Gasteiger partial charge in [0, 0.05) is 15.7 Å². The number of carbonyl (C=O) groups excluding carboxylic acids is 2. The van der Waals surface area contributed by atoms with Gasteiger partial charge in [-0.3, -0.25) is 9.59 Å². The molecule has 2 aromatic rings. The maximum absolute atomic E-state index is 11.9. The third-order valence-electron chi connectivity index (χ3n) is 3.21. The van der Waals surface area contributed by atoms with Gasteiger partial charge in [-0.2, -0.15) is 5.10 Å². The molecular weight excluding hydrogens is 374 g/mol. The minimum atomic E-state index is -0.897. The minimum absolute atomic E-state index is 0.0116. The van der Waals surface area contributed by atoms with Crippen LogP contribution >= 0.6 is 15.9 Å². The van der Waals surface area contributed by atoms with Crippen molar-refractivity contribution < 1.29 is 14.7 Å². The lowest BCUT2D eigenvalue weighted by atomic mass is 10.1. The van der Waals surface area contributed by atoms with Crippen LogP contribution in [0.4, 0.5) is 5.69 Å². The van der Waals surface area contributed by atoms with Crippen LogP contribution in [0, 0.1) is 0 Å². The zero-order valence-corrected chi connectivity index (χ0v) is 14.5. The van der Waals surface area contributed by atoms with E-state index in [0.29, 0.717) is 11.3 Å². The summed E-state index contributed by atoms with van der Waals surface area (Å²) in [5.41, 5.74) is 4.05. The molecule has 0 saturated heterocycles. The van der Waals surface area contributed by atoms with Gasteiger partial charge in [0.1, 0.15) is 5.75 Å². The summed E-state index contributed by atoms with van der Waals surface area (Å²) in [6, 6.07) is 12.0. The highest BCUT2D eigenvalue weighted by Gasteiger charge is 2.14. The van der Waals surface area contributed by atoms with Crippen molar-refractivity contribution in [2.24, 2.45) is 5.10 Å². The summed E-state index contributed by atoms with van der Waals surface area (Å²) in [5, 5.41) is 15.9. The van der Waals surface area contributed by atoms with Crippen molar-refractivity contribution in [3.05, 3.63) is 58.1 Å². The van der Waals surface area contributed by atoms with Crippen molar-refractivity contribution in [2.75, 3.05) is 5.32 Å². The Kier molecular flexibility index (Phi) is 6.08. The molecule has 0 aromatic heterocycles. The van der Waals surface area contributed by atoms with E-state index in [1.165, 1.54) is 12.3 Å². The standard InChI is InChI=1S/C17H16BrN3O3/c1-2-11-5-3-4-6-14(11)20-16(23)17(24)21-19-10-12-9-13(18)7-8-15(12)22/h3-10,22H,2H2,1H3,(H,20,23)(H,21,24). The highest BCUT2D eigenvalue weighted by atomic mass is 79.9. The van der Waals surface area contributed by atoms with Crippen molar-refractivity contribution in [1.29, 1.82) is 0 Å². The summed E-state index contributed by atoms with van der Waals surface area (Å²) >= 11 is 3.27. The van der Waals surface area contributed by atoms with E-state index in [1.807, 2.05) is 19.1 Å². The maximum Gasteiger partial charge on any atom is 0.329 e. The molecule has 3 N–H and O–H groups in total. The van der Waals surface area contributed by atoms with Crippen LogP contribution in [0.2, 0.25) is 0 Å². The number of benzene rings is 2. The highest BCUT2D eigenvalue weighted by Crippen LogP contribution is 2.20. The molecule has 0 unspecified atom stereocenters. The van der Waals surface area contributed by atoms with E-state index in [-0.39, 0.29) is 5.75 Å². The predicted octanol–water partition coefficient (Wildman–Crippen LogP) is 2.81. The topological polar surface area (TPSA) is 90.8 Å². The lowest BCUT2D eigenvalue weighted by Crippen LogP contribution is -2.32. The number of aryl methyl sites for hydroxylation is 1. The number of nitrogens with zero attached hydrogens (tertiary/aromatic N) is 1. The number of hydrogen-bond donors (Lipinski definition) is 3. The highest BCUT2D eigenvalue weighted by molar-refractivity contribution is 9.10. The SMILES string of the molecule is CCc1ccccc1NC(=O)C(=O)NN=Cc1cc(Br)ccc1O. The van der Waals surface area contributed by atoms with Gasteiger partial charge in [0.05, 0.1) is 6.21 Å². The van der Waals surface area contributed by atoms with Crippen LogP contribution in [0.5, 0.6) is 5.75 Å². The van der Waals surface area contributed by atoms with Crippen molar-refractivity contribution in [3.8, 4) is 5.75 Å². The molecule has 0 aliphatic rings. The van der Waals surface area contributed by atoms with Gasteiger partial charge < -0.3 is 10.4 Å². The predicted molar refractivity (Wildman–Crippen MR) is 96.0 cm³/mol. The Morgan fingerprint density at radius 2 is 1.96 bits per heavy atom. The first-order valence-electron chi connectivity index (χ1n) is 7.22. The molecule has 0 atom stereocenters. The van der Waals surface area contributed by atoms with Crippen molar-refractivity contribution in [1.82, 2.24) is 5.43 Å². The second kappa shape index (κ2) is 8.26. The van der Waals surface area contributed by atoms with Crippen LogP contribution < -0.4 is 10.7 Å². The number of para-hydroxylation sites is 1. The van der Waals surface area contributed by atoms with Gasteiger partial charge >= 0.3 is 11.8 Å². The second-order valence-corrected chi connectivity index (χ2v) is 5.78. The van der Waals surface area contributed by atoms with E-state index in [1.54, 1.807) is 24.3 Å². The molecule has 7 heteroatoms. The van der Waals surface area contributed by atoms with Gasteiger partial charge in [-0.1, -0.05) is 41.1 Å². The summed E-state index contributed by atoms with van der Waals surface area (Å²) in [4.78, 5) is 23.7. The number of amides is 2. The molecule has 124 valence electrons. The maximum atomic E-state index is 11.9. The normalized spacial score (nSPS) is 10.6. The van der Waals surface area contributed by atoms with Crippen LogP contribution in [-0.2, 0) is 16.0 Å². The zero-order chi connectivity index (χ0) is 17.5. The summed E-state index contributed by atoms with van der Waals surface area (Å²) in [6.45, 7) is 1.96. The summed E-state index contributed by atoms with van der Waals surface area (Å²) in [7, 11) is 0. The molecule has 0 bridgehead atoms. The fraction of sp³-hybridized carbons (Fsp3) is 0.118. The Bertz CT molecular complexity index is 790. The monoisotopic (exact) mass is 389 g/mol. The Morgan fingerprint density at radius 1 is 1.21 bits per heavy atom. The number of phenolic OH excluding ortho intramolecular Hbond substituents is 1. The van der Waals surface area contributed by atoms with Gasteiger partial charge in [-0.25, -0.2) is 5.43 Å². The lowest BCUT2D eigenvalue weighted by Gasteiger charge is -2.08. The molecule has 2 amide bonds. The van der Waals surface area contributed by atoms with Crippen molar-refractivity contribution in [2.45, 2.75) is 13.3 Å². The van der Waals surface area contributed by atoms with Gasteiger partial charge in [-0.05, 0) is 36.2 Å². The number of anilines is 1. The average Bonchev–Trinajstić information content (AvgIpc) is 2.58. The first-order valence-corrected chi connectivity index (χ1v) is 8.01. The Morgan fingerprint density at radius 3 is 2.71 bits per heavy atom. The molecule has 0 aliphatic heterocycles. The van der Waals surface area contributed by atoms with E-state index in [0.717, 1.165) is 16.5 Å². The van der Waals surface area contributed by atoms with Crippen molar-refractivity contribution in [3.63, 3.8) is 0 Å². The number of carbonyl (C=O) groups is 2. The fourth-order valence-electron chi connectivity index (χ4n) is 1.97. The molecule has 0 saturated carbocycles. The Labute approximate surface area is 147 Å². The Hall–Kier alpha value is -2.67. The van der Waals surface area contributed by atoms with Gasteiger partial charge in [0.15, 0.2) is 0 Å². The number of rotatable bonds is 4. The molecule has 0 fully saturated rings. The summed E-state index contributed by atoms with van der Waals surface area (Å²) in [5.74, 6) is -1.70. The largest absolute Gasteiger partial charge is 0.507 e. The van der Waals surface area contributed by atoms with Crippen LogP contribution in [0.15, 0.2) is 52.0 Å². The molecule has 0 aliphatic carbocycles. The van der Waals surface area contributed by atoms with E-state index in [9.17, 15) is 14.7 Å². The molecule has 6 nitrogen and oxygen atoms in total. The summed E-state index contributed by atoms with van der Waals surface area (Å²) in [6.07, 6.45) is 1.99. The fourth-order valence-corrected chi connectivity index (χ4v) is 2.35. The molecule has 0 spiro atoms. The Balaban J connectivity index is 1.98. The first kappa shape index (κ1) is 17.7. The zero-order valence-electron chi connectivity index (χ0n) is 12.9. The first-order chi connectivity index (χ1) is 11.5. The van der Waals surface area contributed by atoms with Crippen molar-refractivity contribution >= 4 is 39.6 Å². The minimum Gasteiger partial charge on any atom is -0.507 e. The number of hydrazone groups is 1. The molecule has 0 heterocycles. The molecular formula is C17H16BrN3O3. The molecule has 0 radical (unpaired) electrons. The van der Waals surface area contributed by atoms with Crippen LogP contribution in [-0.4, -0.2) is 23.1 Å². The summed E-state index contributed by atoms with van der Waals surface area (Å²) < 4.78 is 0.752. The van der Waals surface area contributed by atoms with Crippen LogP contribution in [0.1, 0.15) is 18.1 Å². The van der Waals surface area contributed by atoms with E-state index >= 15 is 0 Å². The molecule has 2 rings (SSSR count). The molecule has 2 aromatic carbocycles.